The van der Waals surface area contributed by atoms with Gasteiger partial charge in [-0.2, -0.15) is 0 Å². The molecule has 0 aliphatic carbocycles. The van der Waals surface area contributed by atoms with Gasteiger partial charge in [0.1, 0.15) is 17.8 Å². The Hall–Kier alpha value is -3.55. The lowest BCUT2D eigenvalue weighted by atomic mass is 9.98. The number of benzene rings is 2. The molecule has 3 N–H and O–H groups in total. The maximum absolute atomic E-state index is 12.9. The number of carbonyl (C=O) groups is 3. The van der Waals surface area contributed by atoms with Crippen LogP contribution in [-0.2, 0) is 16.0 Å². The molecule has 2 aliphatic rings. The van der Waals surface area contributed by atoms with Crippen molar-refractivity contribution in [2.45, 2.75) is 18.5 Å². The molecule has 0 spiro atoms. The van der Waals surface area contributed by atoms with E-state index < -0.39 is 12.1 Å². The van der Waals surface area contributed by atoms with Crippen molar-refractivity contribution in [2.24, 2.45) is 0 Å². The van der Waals surface area contributed by atoms with Crippen LogP contribution in [0.1, 0.15) is 5.56 Å². The third-order valence-electron chi connectivity index (χ3n) is 5.27. The molecule has 2 aromatic carbocycles. The standard InChI is InChI=1S/C21H22N4O4/c26-16-8-6-14(7-9-16)12-17-20(28)25-11-10-24(13-18(25)19(27)23-17)21(29)22-15-4-2-1-3-5-15/h1-9,17-18,26H,10-13H2,(H,22,29)(H,23,27)/t17-,18+/m0/s1. The van der Waals surface area contributed by atoms with Gasteiger partial charge in [0.25, 0.3) is 0 Å². The number of para-hydroxylation sites is 1. The fourth-order valence-corrected chi connectivity index (χ4v) is 3.72. The van der Waals surface area contributed by atoms with E-state index in [-0.39, 0.29) is 30.1 Å². The van der Waals surface area contributed by atoms with Gasteiger partial charge in [0.15, 0.2) is 0 Å². The van der Waals surface area contributed by atoms with Gasteiger partial charge < -0.3 is 25.5 Å². The van der Waals surface area contributed by atoms with Crippen LogP contribution < -0.4 is 10.6 Å². The number of urea groups is 1. The number of hydrogen-bond acceptors (Lipinski definition) is 4. The van der Waals surface area contributed by atoms with Gasteiger partial charge in [0.05, 0.1) is 6.54 Å². The Morgan fingerprint density at radius 3 is 2.52 bits per heavy atom. The molecule has 4 rings (SSSR count). The average molecular weight is 394 g/mol. The number of piperazine rings is 2. The summed E-state index contributed by atoms with van der Waals surface area (Å²) in [5.74, 6) is -0.255. The molecular weight excluding hydrogens is 372 g/mol. The first-order valence-corrected chi connectivity index (χ1v) is 9.51. The molecule has 0 radical (unpaired) electrons. The van der Waals surface area contributed by atoms with Crippen molar-refractivity contribution in [3.05, 3.63) is 60.2 Å². The molecule has 150 valence electrons. The lowest BCUT2D eigenvalue weighted by molar-refractivity contribution is -0.152. The number of aromatic hydroxyl groups is 1. The van der Waals surface area contributed by atoms with Crippen LogP contribution in [0.4, 0.5) is 10.5 Å². The van der Waals surface area contributed by atoms with E-state index in [0.717, 1.165) is 5.56 Å². The van der Waals surface area contributed by atoms with Gasteiger partial charge in [-0.3, -0.25) is 9.59 Å². The van der Waals surface area contributed by atoms with Crippen molar-refractivity contribution in [3.63, 3.8) is 0 Å². The van der Waals surface area contributed by atoms with E-state index in [9.17, 15) is 19.5 Å². The van der Waals surface area contributed by atoms with Crippen LogP contribution in [0.2, 0.25) is 0 Å². The Morgan fingerprint density at radius 2 is 1.79 bits per heavy atom. The summed E-state index contributed by atoms with van der Waals surface area (Å²) in [6, 6.07) is 14.0. The number of phenolic OH excluding ortho intramolecular Hbond substituents is 1. The lowest BCUT2D eigenvalue weighted by Gasteiger charge is -2.45. The van der Waals surface area contributed by atoms with Crippen LogP contribution >= 0.6 is 0 Å². The molecule has 0 aromatic heterocycles. The molecule has 8 nitrogen and oxygen atoms in total. The highest BCUT2D eigenvalue weighted by Gasteiger charge is 2.44. The molecule has 2 heterocycles. The van der Waals surface area contributed by atoms with E-state index in [0.29, 0.717) is 25.2 Å². The summed E-state index contributed by atoms with van der Waals surface area (Å²) in [5.41, 5.74) is 1.53. The lowest BCUT2D eigenvalue weighted by Crippen LogP contribution is -2.70. The monoisotopic (exact) mass is 394 g/mol. The average Bonchev–Trinajstić information content (AvgIpc) is 2.74. The zero-order chi connectivity index (χ0) is 20.4. The topological polar surface area (TPSA) is 102 Å². The highest BCUT2D eigenvalue weighted by Crippen LogP contribution is 2.20. The molecule has 2 atom stereocenters. The maximum atomic E-state index is 12.9. The predicted octanol–water partition coefficient (Wildman–Crippen LogP) is 1.18. The second-order valence-electron chi connectivity index (χ2n) is 7.22. The molecule has 8 heteroatoms. The molecule has 0 bridgehead atoms. The number of amides is 4. The van der Waals surface area contributed by atoms with E-state index in [1.165, 1.54) is 0 Å². The molecule has 0 unspecified atom stereocenters. The Balaban J connectivity index is 1.40. The van der Waals surface area contributed by atoms with Crippen LogP contribution in [0.15, 0.2) is 54.6 Å². The normalized spacial score (nSPS) is 21.4. The van der Waals surface area contributed by atoms with Crippen molar-refractivity contribution < 1.29 is 19.5 Å². The molecule has 29 heavy (non-hydrogen) atoms. The highest BCUT2D eigenvalue weighted by molar-refractivity contribution is 5.98. The van der Waals surface area contributed by atoms with Gasteiger partial charge in [-0.25, -0.2) is 4.79 Å². The van der Waals surface area contributed by atoms with E-state index >= 15 is 0 Å². The Labute approximate surface area is 168 Å². The third kappa shape index (κ3) is 4.01. The molecule has 2 fully saturated rings. The second kappa shape index (κ2) is 7.83. The van der Waals surface area contributed by atoms with E-state index in [2.05, 4.69) is 10.6 Å². The number of nitrogens with zero attached hydrogens (tertiary/aromatic N) is 2. The summed E-state index contributed by atoms with van der Waals surface area (Å²) in [4.78, 5) is 41.2. The largest absolute Gasteiger partial charge is 0.508 e. The molecular formula is C21H22N4O4. The van der Waals surface area contributed by atoms with Crippen molar-refractivity contribution in [2.75, 3.05) is 25.0 Å². The summed E-state index contributed by atoms with van der Waals surface area (Å²) >= 11 is 0. The summed E-state index contributed by atoms with van der Waals surface area (Å²) in [6.45, 7) is 0.827. The van der Waals surface area contributed by atoms with Gasteiger partial charge >= 0.3 is 6.03 Å². The number of rotatable bonds is 3. The molecule has 2 saturated heterocycles. The van der Waals surface area contributed by atoms with Crippen molar-refractivity contribution in [1.29, 1.82) is 0 Å². The first-order chi connectivity index (χ1) is 14.0. The zero-order valence-corrected chi connectivity index (χ0v) is 15.7. The number of hydrogen-bond donors (Lipinski definition) is 3. The van der Waals surface area contributed by atoms with Crippen LogP contribution in [0, 0.1) is 0 Å². The van der Waals surface area contributed by atoms with Gasteiger partial charge in [-0.15, -0.1) is 0 Å². The summed E-state index contributed by atoms with van der Waals surface area (Å²) < 4.78 is 0. The van der Waals surface area contributed by atoms with Gasteiger partial charge in [0, 0.05) is 25.2 Å². The van der Waals surface area contributed by atoms with Crippen LogP contribution in [0.25, 0.3) is 0 Å². The van der Waals surface area contributed by atoms with Crippen LogP contribution in [0.5, 0.6) is 5.75 Å². The molecule has 0 saturated carbocycles. The summed E-state index contributed by atoms with van der Waals surface area (Å²) in [5, 5.41) is 15.0. The predicted molar refractivity (Wildman–Crippen MR) is 106 cm³/mol. The SMILES string of the molecule is O=C1N[C@@H](Cc2ccc(O)cc2)C(=O)N2CCN(C(=O)Nc3ccccc3)C[C@H]12. The Kier molecular flexibility index (Phi) is 5.07. The second-order valence-corrected chi connectivity index (χ2v) is 7.22. The first-order valence-electron chi connectivity index (χ1n) is 9.51. The molecule has 2 aromatic rings. The fraction of sp³-hybridized carbons (Fsp3) is 0.286. The number of phenols is 1. The Bertz CT molecular complexity index is 916. The highest BCUT2D eigenvalue weighted by atomic mass is 16.3. The first kappa shape index (κ1) is 18.8. The summed E-state index contributed by atoms with van der Waals surface area (Å²) in [7, 11) is 0. The van der Waals surface area contributed by atoms with Crippen LogP contribution in [-0.4, -0.2) is 64.5 Å². The third-order valence-corrected chi connectivity index (χ3v) is 5.27. The number of carbonyl (C=O) groups excluding carboxylic acids is 3. The van der Waals surface area contributed by atoms with Crippen LogP contribution in [0.3, 0.4) is 0 Å². The quantitative estimate of drug-likeness (QED) is 0.727. The minimum absolute atomic E-state index is 0.147. The smallest absolute Gasteiger partial charge is 0.321 e. The van der Waals surface area contributed by atoms with Crippen molar-refractivity contribution >= 4 is 23.5 Å². The van der Waals surface area contributed by atoms with E-state index in [1.54, 1.807) is 46.2 Å². The molecule has 4 amide bonds. The van der Waals surface area contributed by atoms with E-state index in [1.807, 2.05) is 18.2 Å². The number of nitrogens with one attached hydrogen (secondary N) is 2. The van der Waals surface area contributed by atoms with Crippen molar-refractivity contribution in [1.82, 2.24) is 15.1 Å². The van der Waals surface area contributed by atoms with Gasteiger partial charge in [-0.1, -0.05) is 30.3 Å². The van der Waals surface area contributed by atoms with E-state index in [4.69, 9.17) is 0 Å². The minimum Gasteiger partial charge on any atom is -0.508 e. The number of anilines is 1. The number of fused-ring (bicyclic) bond motifs is 1. The van der Waals surface area contributed by atoms with Gasteiger partial charge in [-0.05, 0) is 29.8 Å². The Morgan fingerprint density at radius 1 is 1.07 bits per heavy atom. The summed E-state index contributed by atoms with van der Waals surface area (Å²) in [6.07, 6.45) is 0.353. The fourth-order valence-electron chi connectivity index (χ4n) is 3.72. The minimum atomic E-state index is -0.686. The van der Waals surface area contributed by atoms with Crippen molar-refractivity contribution in [3.8, 4) is 5.75 Å². The van der Waals surface area contributed by atoms with Gasteiger partial charge in [0.2, 0.25) is 11.8 Å². The maximum Gasteiger partial charge on any atom is 0.321 e. The molecule has 2 aliphatic heterocycles. The zero-order valence-electron chi connectivity index (χ0n) is 15.7.